The SMILES string of the molecule is CCOC(=O)Cc1cccc(F)c1[N+](=O)[O-]. The number of nitrogens with zero attached hydrogens (tertiary/aromatic N) is 1. The summed E-state index contributed by atoms with van der Waals surface area (Å²) in [6.07, 6.45) is -0.304. The van der Waals surface area contributed by atoms with E-state index in [1.165, 1.54) is 12.1 Å². The average Bonchev–Trinajstić information content (AvgIpc) is 2.17. The van der Waals surface area contributed by atoms with E-state index in [2.05, 4.69) is 4.74 Å². The molecule has 16 heavy (non-hydrogen) atoms. The van der Waals surface area contributed by atoms with E-state index in [9.17, 15) is 19.3 Å². The van der Waals surface area contributed by atoms with E-state index in [-0.39, 0.29) is 18.6 Å². The summed E-state index contributed by atoms with van der Waals surface area (Å²) in [5, 5.41) is 10.6. The summed E-state index contributed by atoms with van der Waals surface area (Å²) in [7, 11) is 0. The van der Waals surface area contributed by atoms with Gasteiger partial charge < -0.3 is 4.74 Å². The molecule has 0 N–H and O–H groups in total. The number of rotatable bonds is 4. The van der Waals surface area contributed by atoms with E-state index in [1.54, 1.807) is 6.92 Å². The van der Waals surface area contributed by atoms with Crippen LogP contribution in [0.15, 0.2) is 18.2 Å². The molecule has 0 fully saturated rings. The number of hydrogen-bond donors (Lipinski definition) is 0. The van der Waals surface area contributed by atoms with Gasteiger partial charge in [0.25, 0.3) is 0 Å². The molecule has 0 heterocycles. The lowest BCUT2D eigenvalue weighted by atomic mass is 10.1. The number of ether oxygens (including phenoxy) is 1. The smallest absolute Gasteiger partial charge is 0.310 e. The quantitative estimate of drug-likeness (QED) is 0.447. The molecule has 0 unspecified atom stereocenters. The highest BCUT2D eigenvalue weighted by Crippen LogP contribution is 2.22. The Bertz CT molecular complexity index is 419. The summed E-state index contributed by atoms with van der Waals surface area (Å²) >= 11 is 0. The third-order valence-electron chi connectivity index (χ3n) is 1.89. The molecule has 0 aliphatic carbocycles. The summed E-state index contributed by atoms with van der Waals surface area (Å²) in [6, 6.07) is 3.63. The maximum Gasteiger partial charge on any atom is 0.310 e. The Hall–Kier alpha value is -1.98. The maximum atomic E-state index is 13.1. The minimum atomic E-state index is -0.952. The van der Waals surface area contributed by atoms with Gasteiger partial charge in [0.05, 0.1) is 18.0 Å². The lowest BCUT2D eigenvalue weighted by Gasteiger charge is -2.03. The Balaban J connectivity index is 3.00. The Labute approximate surface area is 91.0 Å². The van der Waals surface area contributed by atoms with Crippen molar-refractivity contribution in [2.75, 3.05) is 6.61 Å². The van der Waals surface area contributed by atoms with Crippen molar-refractivity contribution in [1.82, 2.24) is 0 Å². The molecule has 5 nitrogen and oxygen atoms in total. The maximum absolute atomic E-state index is 13.1. The molecule has 0 bridgehead atoms. The average molecular weight is 227 g/mol. The molecule has 1 rings (SSSR count). The van der Waals surface area contributed by atoms with Gasteiger partial charge in [-0.15, -0.1) is 0 Å². The predicted molar refractivity (Wildman–Crippen MR) is 53.4 cm³/mol. The van der Waals surface area contributed by atoms with Gasteiger partial charge in [-0.3, -0.25) is 14.9 Å². The Morgan fingerprint density at radius 1 is 1.56 bits per heavy atom. The molecule has 0 radical (unpaired) electrons. The van der Waals surface area contributed by atoms with Crippen LogP contribution in [0.25, 0.3) is 0 Å². The number of para-hydroxylation sites is 1. The van der Waals surface area contributed by atoms with Crippen LogP contribution < -0.4 is 0 Å². The van der Waals surface area contributed by atoms with Crippen molar-refractivity contribution >= 4 is 11.7 Å². The number of carbonyl (C=O) groups excluding carboxylic acids is 1. The molecule has 0 aliphatic rings. The zero-order valence-corrected chi connectivity index (χ0v) is 8.60. The van der Waals surface area contributed by atoms with Crippen molar-refractivity contribution < 1.29 is 18.8 Å². The summed E-state index contributed by atoms with van der Waals surface area (Å²) in [6.45, 7) is 1.81. The highest BCUT2D eigenvalue weighted by Gasteiger charge is 2.21. The first-order valence-corrected chi connectivity index (χ1v) is 4.63. The van der Waals surface area contributed by atoms with Gasteiger partial charge in [-0.2, -0.15) is 4.39 Å². The third kappa shape index (κ3) is 2.75. The van der Waals surface area contributed by atoms with Crippen molar-refractivity contribution in [2.45, 2.75) is 13.3 Å². The number of nitro groups is 1. The predicted octanol–water partition coefficient (Wildman–Crippen LogP) is 1.84. The van der Waals surface area contributed by atoms with Crippen molar-refractivity contribution in [1.29, 1.82) is 0 Å². The molecule has 0 spiro atoms. The topological polar surface area (TPSA) is 69.4 Å². The van der Waals surface area contributed by atoms with Crippen LogP contribution in [0.3, 0.4) is 0 Å². The number of hydrogen-bond acceptors (Lipinski definition) is 4. The monoisotopic (exact) mass is 227 g/mol. The molecular weight excluding hydrogens is 217 g/mol. The summed E-state index contributed by atoms with van der Waals surface area (Å²) in [5.41, 5.74) is -0.654. The van der Waals surface area contributed by atoms with Crippen molar-refractivity contribution in [3.8, 4) is 0 Å². The summed E-state index contributed by atoms with van der Waals surface area (Å²) in [4.78, 5) is 20.9. The number of carbonyl (C=O) groups is 1. The molecule has 86 valence electrons. The number of benzene rings is 1. The summed E-state index contributed by atoms with van der Waals surface area (Å²) in [5.74, 6) is -1.57. The Kier molecular flexibility index (Phi) is 3.93. The standard InChI is InChI=1S/C10H10FNO4/c1-2-16-9(13)6-7-4-3-5-8(11)10(7)12(14)15/h3-5H,2,6H2,1H3. The molecule has 0 saturated carbocycles. The van der Waals surface area contributed by atoms with E-state index in [4.69, 9.17) is 0 Å². The van der Waals surface area contributed by atoms with Crippen molar-refractivity contribution in [3.05, 3.63) is 39.7 Å². The fourth-order valence-corrected chi connectivity index (χ4v) is 1.27. The lowest BCUT2D eigenvalue weighted by Crippen LogP contribution is -2.09. The van der Waals surface area contributed by atoms with Gasteiger partial charge in [-0.1, -0.05) is 12.1 Å². The first-order valence-electron chi connectivity index (χ1n) is 4.63. The molecule has 6 heteroatoms. The second kappa shape index (κ2) is 5.20. The van der Waals surface area contributed by atoms with Gasteiger partial charge >= 0.3 is 11.7 Å². The molecule has 1 aromatic rings. The Morgan fingerprint density at radius 3 is 2.81 bits per heavy atom. The zero-order chi connectivity index (χ0) is 12.1. The van der Waals surface area contributed by atoms with Crippen LogP contribution in [0.5, 0.6) is 0 Å². The second-order valence-electron chi connectivity index (χ2n) is 2.99. The van der Waals surface area contributed by atoms with Gasteiger partial charge in [0.1, 0.15) is 0 Å². The van der Waals surface area contributed by atoms with Crippen molar-refractivity contribution in [3.63, 3.8) is 0 Å². The first kappa shape index (κ1) is 12.1. The fraction of sp³-hybridized carbons (Fsp3) is 0.300. The van der Waals surface area contributed by atoms with Gasteiger partial charge in [0.15, 0.2) is 0 Å². The first-order chi connectivity index (χ1) is 7.56. The van der Waals surface area contributed by atoms with Crippen LogP contribution in [0.2, 0.25) is 0 Å². The largest absolute Gasteiger partial charge is 0.466 e. The van der Waals surface area contributed by atoms with E-state index >= 15 is 0 Å². The Morgan fingerprint density at radius 2 is 2.25 bits per heavy atom. The van der Waals surface area contributed by atoms with Gasteiger partial charge in [0.2, 0.25) is 5.82 Å². The van der Waals surface area contributed by atoms with Crippen LogP contribution in [0.4, 0.5) is 10.1 Å². The minimum absolute atomic E-state index is 0.0171. The minimum Gasteiger partial charge on any atom is -0.466 e. The van der Waals surface area contributed by atoms with Gasteiger partial charge in [-0.25, -0.2) is 0 Å². The molecule has 0 amide bonds. The molecule has 1 aromatic carbocycles. The van der Waals surface area contributed by atoms with E-state index < -0.39 is 22.4 Å². The van der Waals surface area contributed by atoms with Crippen molar-refractivity contribution in [2.24, 2.45) is 0 Å². The van der Waals surface area contributed by atoms with Crippen LogP contribution in [-0.4, -0.2) is 17.5 Å². The highest BCUT2D eigenvalue weighted by atomic mass is 19.1. The van der Waals surface area contributed by atoms with E-state index in [0.29, 0.717) is 0 Å². The highest BCUT2D eigenvalue weighted by molar-refractivity contribution is 5.74. The molecule has 0 saturated heterocycles. The van der Waals surface area contributed by atoms with Gasteiger partial charge in [-0.05, 0) is 13.0 Å². The zero-order valence-electron chi connectivity index (χ0n) is 8.60. The number of esters is 1. The van der Waals surface area contributed by atoms with Crippen LogP contribution in [0, 0.1) is 15.9 Å². The number of nitro benzene ring substituents is 1. The third-order valence-corrected chi connectivity index (χ3v) is 1.89. The van der Waals surface area contributed by atoms with Crippen LogP contribution in [-0.2, 0) is 16.0 Å². The van der Waals surface area contributed by atoms with E-state index in [1.807, 2.05) is 0 Å². The van der Waals surface area contributed by atoms with E-state index in [0.717, 1.165) is 6.07 Å². The van der Waals surface area contributed by atoms with Gasteiger partial charge in [0, 0.05) is 5.56 Å². The normalized spacial score (nSPS) is 9.88. The fourth-order valence-electron chi connectivity index (χ4n) is 1.27. The molecular formula is C10H10FNO4. The van der Waals surface area contributed by atoms with Crippen LogP contribution >= 0.6 is 0 Å². The summed E-state index contributed by atoms with van der Waals surface area (Å²) < 4.78 is 17.8. The molecule has 0 aromatic heterocycles. The number of halogens is 1. The molecule has 0 aliphatic heterocycles. The molecule has 0 atom stereocenters. The second-order valence-corrected chi connectivity index (χ2v) is 2.99. The van der Waals surface area contributed by atoms with Crippen LogP contribution in [0.1, 0.15) is 12.5 Å². The lowest BCUT2D eigenvalue weighted by molar-refractivity contribution is -0.388.